The molecular formula is C17H19NO2S. The third kappa shape index (κ3) is 3.01. The van der Waals surface area contributed by atoms with Gasteiger partial charge in [0.25, 0.3) is 0 Å². The van der Waals surface area contributed by atoms with E-state index in [1.807, 2.05) is 29.5 Å². The molecule has 3 rings (SSSR count). The smallest absolute Gasteiger partial charge is 0.159 e. The molecular weight excluding hydrogens is 282 g/mol. The number of methoxy groups -OCH3 is 1. The van der Waals surface area contributed by atoms with Crippen molar-refractivity contribution in [3.8, 4) is 5.75 Å². The molecule has 21 heavy (non-hydrogen) atoms. The average molecular weight is 301 g/mol. The van der Waals surface area contributed by atoms with Gasteiger partial charge in [0, 0.05) is 35.6 Å². The number of benzene rings is 1. The summed E-state index contributed by atoms with van der Waals surface area (Å²) in [5, 5.41) is 2.17. The monoisotopic (exact) mass is 301 g/mol. The topological polar surface area (TPSA) is 29.5 Å². The van der Waals surface area contributed by atoms with Crippen LogP contribution < -0.4 is 4.74 Å². The molecule has 0 bridgehead atoms. The van der Waals surface area contributed by atoms with Crippen LogP contribution in [0.15, 0.2) is 29.6 Å². The fraction of sp³-hybridized carbons (Fsp3) is 0.353. The second kappa shape index (κ2) is 6.00. The van der Waals surface area contributed by atoms with Gasteiger partial charge in [-0.15, -0.1) is 11.3 Å². The van der Waals surface area contributed by atoms with Crippen LogP contribution in [0.2, 0.25) is 0 Å². The lowest BCUT2D eigenvalue weighted by molar-refractivity contribution is 0.101. The molecule has 0 spiro atoms. The van der Waals surface area contributed by atoms with Gasteiger partial charge in [-0.25, -0.2) is 0 Å². The summed E-state index contributed by atoms with van der Waals surface area (Å²) in [6, 6.07) is 7.91. The van der Waals surface area contributed by atoms with E-state index < -0.39 is 0 Å². The lowest BCUT2D eigenvalue weighted by Crippen LogP contribution is -2.29. The van der Waals surface area contributed by atoms with Crippen LogP contribution in [-0.4, -0.2) is 24.3 Å². The maximum absolute atomic E-state index is 11.6. The number of ketones is 1. The zero-order valence-electron chi connectivity index (χ0n) is 12.4. The fourth-order valence-electron chi connectivity index (χ4n) is 2.80. The second-order valence-corrected chi connectivity index (χ2v) is 6.41. The van der Waals surface area contributed by atoms with Crippen LogP contribution in [0.4, 0.5) is 0 Å². The third-order valence-corrected chi connectivity index (χ3v) is 4.99. The highest BCUT2D eigenvalue weighted by Crippen LogP contribution is 2.27. The first-order chi connectivity index (χ1) is 10.2. The number of Topliss-reactive ketones (excluding diaryl/α,β-unsaturated/α-hetero) is 1. The number of carbonyl (C=O) groups is 1. The highest BCUT2D eigenvalue weighted by atomic mass is 32.1. The first-order valence-electron chi connectivity index (χ1n) is 7.13. The van der Waals surface area contributed by atoms with E-state index in [1.54, 1.807) is 14.0 Å². The largest absolute Gasteiger partial charge is 0.496 e. The Balaban J connectivity index is 1.81. The summed E-state index contributed by atoms with van der Waals surface area (Å²) in [4.78, 5) is 15.5. The minimum absolute atomic E-state index is 0.0951. The Labute approximate surface area is 129 Å². The van der Waals surface area contributed by atoms with E-state index in [2.05, 4.69) is 16.3 Å². The van der Waals surface area contributed by atoms with Crippen LogP contribution in [-0.2, 0) is 19.5 Å². The van der Waals surface area contributed by atoms with Crippen molar-refractivity contribution < 1.29 is 9.53 Å². The number of nitrogens with zero attached hydrogens (tertiary/aromatic N) is 1. The number of hydrogen-bond donors (Lipinski definition) is 0. The van der Waals surface area contributed by atoms with Crippen molar-refractivity contribution in [2.24, 2.45) is 0 Å². The zero-order valence-corrected chi connectivity index (χ0v) is 13.2. The van der Waals surface area contributed by atoms with E-state index in [0.717, 1.165) is 42.9 Å². The van der Waals surface area contributed by atoms with Gasteiger partial charge in [0.1, 0.15) is 5.75 Å². The van der Waals surface area contributed by atoms with E-state index in [-0.39, 0.29) is 5.78 Å². The number of fused-ring (bicyclic) bond motifs is 1. The quantitative estimate of drug-likeness (QED) is 0.809. The molecule has 1 aliphatic heterocycles. The maximum Gasteiger partial charge on any atom is 0.159 e. The normalized spacial score (nSPS) is 14.8. The van der Waals surface area contributed by atoms with E-state index in [0.29, 0.717) is 0 Å². The Bertz CT molecular complexity index is 663. The predicted octanol–water partition coefficient (Wildman–Crippen LogP) is 3.52. The van der Waals surface area contributed by atoms with Gasteiger partial charge in [0.15, 0.2) is 5.78 Å². The summed E-state index contributed by atoms with van der Waals surface area (Å²) in [5.41, 5.74) is 3.27. The standard InChI is InChI=1S/C17H19NO2S/c1-12(19)13-3-4-16(20-2)15(9-13)11-18-7-5-17-14(10-18)6-8-21-17/h3-4,6,8-9H,5,7,10-11H2,1-2H3. The maximum atomic E-state index is 11.6. The number of thiophene rings is 1. The van der Waals surface area contributed by atoms with E-state index >= 15 is 0 Å². The van der Waals surface area contributed by atoms with Gasteiger partial charge < -0.3 is 4.74 Å². The first kappa shape index (κ1) is 14.3. The van der Waals surface area contributed by atoms with Gasteiger partial charge in [-0.05, 0) is 48.6 Å². The summed E-state index contributed by atoms with van der Waals surface area (Å²) in [7, 11) is 1.68. The molecule has 0 N–H and O–H groups in total. The Morgan fingerprint density at radius 1 is 1.38 bits per heavy atom. The minimum Gasteiger partial charge on any atom is -0.496 e. The van der Waals surface area contributed by atoms with E-state index in [1.165, 1.54) is 10.4 Å². The SMILES string of the molecule is COc1ccc(C(C)=O)cc1CN1CCc2sccc2C1. The molecule has 0 radical (unpaired) electrons. The molecule has 0 fully saturated rings. The van der Waals surface area contributed by atoms with Crippen LogP contribution in [0.3, 0.4) is 0 Å². The Morgan fingerprint density at radius 2 is 2.24 bits per heavy atom. The molecule has 1 aromatic carbocycles. The van der Waals surface area contributed by atoms with Crippen molar-refractivity contribution in [1.82, 2.24) is 4.90 Å². The highest BCUT2D eigenvalue weighted by molar-refractivity contribution is 7.10. The molecule has 0 saturated carbocycles. The molecule has 1 aromatic heterocycles. The van der Waals surface area contributed by atoms with Crippen molar-refractivity contribution in [2.75, 3.05) is 13.7 Å². The van der Waals surface area contributed by atoms with Gasteiger partial charge in [-0.2, -0.15) is 0 Å². The summed E-state index contributed by atoms with van der Waals surface area (Å²) in [6.45, 7) is 4.46. The molecule has 2 aromatic rings. The minimum atomic E-state index is 0.0951. The molecule has 0 saturated heterocycles. The van der Waals surface area contributed by atoms with Crippen LogP contribution in [0.5, 0.6) is 5.75 Å². The molecule has 0 unspecified atom stereocenters. The average Bonchev–Trinajstić information content (AvgIpc) is 2.94. The third-order valence-electron chi connectivity index (χ3n) is 3.97. The molecule has 110 valence electrons. The van der Waals surface area contributed by atoms with Crippen molar-refractivity contribution in [1.29, 1.82) is 0 Å². The summed E-state index contributed by atoms with van der Waals surface area (Å²) < 4.78 is 5.44. The molecule has 0 amide bonds. The van der Waals surface area contributed by atoms with Crippen LogP contribution in [0.25, 0.3) is 0 Å². The van der Waals surface area contributed by atoms with Crippen LogP contribution in [0.1, 0.15) is 33.3 Å². The molecule has 1 aliphatic rings. The molecule has 0 atom stereocenters. The fourth-order valence-corrected chi connectivity index (χ4v) is 3.69. The van der Waals surface area contributed by atoms with Gasteiger partial charge in [0.05, 0.1) is 7.11 Å². The van der Waals surface area contributed by atoms with Crippen molar-refractivity contribution in [3.63, 3.8) is 0 Å². The lowest BCUT2D eigenvalue weighted by atomic mass is 10.0. The van der Waals surface area contributed by atoms with Crippen molar-refractivity contribution in [2.45, 2.75) is 26.4 Å². The second-order valence-electron chi connectivity index (χ2n) is 5.41. The van der Waals surface area contributed by atoms with Crippen LogP contribution >= 0.6 is 11.3 Å². The van der Waals surface area contributed by atoms with Crippen molar-refractivity contribution >= 4 is 17.1 Å². The highest BCUT2D eigenvalue weighted by Gasteiger charge is 2.19. The van der Waals surface area contributed by atoms with E-state index in [9.17, 15) is 4.79 Å². The van der Waals surface area contributed by atoms with Gasteiger partial charge in [0.2, 0.25) is 0 Å². The molecule has 0 aliphatic carbocycles. The number of hydrogen-bond acceptors (Lipinski definition) is 4. The number of carbonyl (C=O) groups excluding carboxylic acids is 1. The summed E-state index contributed by atoms with van der Waals surface area (Å²) in [6.07, 6.45) is 1.11. The molecule has 3 nitrogen and oxygen atoms in total. The van der Waals surface area contributed by atoms with Crippen LogP contribution in [0, 0.1) is 0 Å². The molecule has 2 heterocycles. The predicted molar refractivity (Wildman–Crippen MR) is 85.1 cm³/mol. The summed E-state index contributed by atoms with van der Waals surface area (Å²) >= 11 is 1.85. The molecule has 4 heteroatoms. The van der Waals surface area contributed by atoms with Gasteiger partial charge >= 0.3 is 0 Å². The van der Waals surface area contributed by atoms with Gasteiger partial charge in [-0.1, -0.05) is 0 Å². The lowest BCUT2D eigenvalue weighted by Gasteiger charge is -2.27. The summed E-state index contributed by atoms with van der Waals surface area (Å²) in [5.74, 6) is 0.953. The number of ether oxygens (including phenoxy) is 1. The van der Waals surface area contributed by atoms with Crippen molar-refractivity contribution in [3.05, 3.63) is 51.2 Å². The Morgan fingerprint density at radius 3 is 3.00 bits per heavy atom. The Hall–Kier alpha value is -1.65. The van der Waals surface area contributed by atoms with E-state index in [4.69, 9.17) is 4.74 Å². The Kier molecular flexibility index (Phi) is 4.08. The number of rotatable bonds is 4. The first-order valence-corrected chi connectivity index (χ1v) is 8.01. The van der Waals surface area contributed by atoms with Gasteiger partial charge in [-0.3, -0.25) is 9.69 Å². The zero-order chi connectivity index (χ0) is 14.8.